The Balaban J connectivity index is 1.91. The van der Waals surface area contributed by atoms with Gasteiger partial charge in [-0.2, -0.15) is 0 Å². The van der Waals surface area contributed by atoms with Gasteiger partial charge in [0.15, 0.2) is 11.6 Å². The zero-order chi connectivity index (χ0) is 17.0. The SMILES string of the molecule is CO[C@@H]1C=C2CCC[C@@H](O)[C@@H]2[C@@H]2C(=O)c3cccc(O)c3C(=O)[C@@H]21. The number of Topliss-reactive ketones (excluding diaryl/α,β-unsaturated/α-hetero) is 2. The van der Waals surface area contributed by atoms with Gasteiger partial charge in [0, 0.05) is 24.5 Å². The Labute approximate surface area is 139 Å². The molecule has 2 N–H and O–H groups in total. The summed E-state index contributed by atoms with van der Waals surface area (Å²) >= 11 is 0. The lowest BCUT2D eigenvalue weighted by Gasteiger charge is -2.46. The molecule has 4 rings (SSSR count). The number of benzene rings is 1. The van der Waals surface area contributed by atoms with Crippen molar-refractivity contribution in [3.05, 3.63) is 41.0 Å². The summed E-state index contributed by atoms with van der Waals surface area (Å²) in [5.74, 6) is -2.26. The normalized spacial score (nSPS) is 34.9. The molecule has 1 aromatic carbocycles. The molecule has 0 aromatic heterocycles. The predicted octanol–water partition coefficient (Wildman–Crippen LogP) is 2.12. The lowest BCUT2D eigenvalue weighted by molar-refractivity contribution is -0.00313. The van der Waals surface area contributed by atoms with Crippen LogP contribution in [0.2, 0.25) is 0 Å². The second-order valence-electron chi connectivity index (χ2n) is 6.91. The largest absolute Gasteiger partial charge is 0.507 e. The van der Waals surface area contributed by atoms with Gasteiger partial charge in [0.25, 0.3) is 0 Å². The molecule has 0 spiro atoms. The van der Waals surface area contributed by atoms with Crippen molar-refractivity contribution < 1.29 is 24.5 Å². The molecule has 1 aromatic rings. The van der Waals surface area contributed by atoms with Gasteiger partial charge in [0.05, 0.1) is 23.7 Å². The Morgan fingerprint density at radius 2 is 1.92 bits per heavy atom. The summed E-state index contributed by atoms with van der Waals surface area (Å²) in [7, 11) is 1.52. The summed E-state index contributed by atoms with van der Waals surface area (Å²) < 4.78 is 5.51. The Kier molecular flexibility index (Phi) is 3.58. The van der Waals surface area contributed by atoms with E-state index in [1.807, 2.05) is 6.08 Å². The van der Waals surface area contributed by atoms with Crippen LogP contribution in [0.1, 0.15) is 40.0 Å². The van der Waals surface area contributed by atoms with Crippen molar-refractivity contribution >= 4 is 11.6 Å². The molecule has 5 heteroatoms. The molecule has 3 aliphatic rings. The number of carbonyl (C=O) groups is 2. The first-order valence-electron chi connectivity index (χ1n) is 8.36. The maximum absolute atomic E-state index is 13.2. The van der Waals surface area contributed by atoms with Crippen LogP contribution in [0.5, 0.6) is 5.75 Å². The van der Waals surface area contributed by atoms with E-state index < -0.39 is 24.0 Å². The van der Waals surface area contributed by atoms with E-state index in [0.717, 1.165) is 18.4 Å². The number of rotatable bonds is 1. The van der Waals surface area contributed by atoms with Crippen LogP contribution in [0, 0.1) is 17.8 Å². The van der Waals surface area contributed by atoms with Gasteiger partial charge >= 0.3 is 0 Å². The highest BCUT2D eigenvalue weighted by molar-refractivity contribution is 6.18. The molecule has 24 heavy (non-hydrogen) atoms. The average molecular weight is 328 g/mol. The van der Waals surface area contributed by atoms with Crippen molar-refractivity contribution in [1.82, 2.24) is 0 Å². The van der Waals surface area contributed by atoms with Crippen molar-refractivity contribution in [2.75, 3.05) is 7.11 Å². The monoisotopic (exact) mass is 328 g/mol. The van der Waals surface area contributed by atoms with Crippen LogP contribution in [0.15, 0.2) is 29.8 Å². The molecule has 126 valence electrons. The molecule has 3 aliphatic carbocycles. The minimum absolute atomic E-state index is 0.0907. The number of aromatic hydroxyl groups is 1. The third-order valence-corrected chi connectivity index (χ3v) is 5.75. The summed E-state index contributed by atoms with van der Waals surface area (Å²) in [6.07, 6.45) is 3.11. The highest BCUT2D eigenvalue weighted by Gasteiger charge is 2.54. The zero-order valence-electron chi connectivity index (χ0n) is 13.4. The Hall–Kier alpha value is -1.98. The minimum Gasteiger partial charge on any atom is -0.507 e. The van der Waals surface area contributed by atoms with Crippen LogP contribution in [-0.2, 0) is 4.74 Å². The van der Waals surface area contributed by atoms with Gasteiger partial charge in [-0.15, -0.1) is 0 Å². The number of aliphatic hydroxyl groups is 1. The second kappa shape index (κ2) is 5.53. The van der Waals surface area contributed by atoms with Crippen molar-refractivity contribution in [3.63, 3.8) is 0 Å². The number of fused-ring (bicyclic) bond motifs is 4. The van der Waals surface area contributed by atoms with Crippen LogP contribution in [0.4, 0.5) is 0 Å². The summed E-state index contributed by atoms with van der Waals surface area (Å²) in [5.41, 5.74) is 1.37. The first-order chi connectivity index (χ1) is 11.5. The number of phenolic OH excluding ortho intramolecular Hbond substituents is 1. The Morgan fingerprint density at radius 3 is 2.67 bits per heavy atom. The van der Waals surface area contributed by atoms with Crippen molar-refractivity contribution in [1.29, 1.82) is 0 Å². The molecule has 0 heterocycles. The van der Waals surface area contributed by atoms with E-state index in [-0.39, 0.29) is 34.4 Å². The highest BCUT2D eigenvalue weighted by Crippen LogP contribution is 2.49. The molecule has 1 fully saturated rings. The lowest BCUT2D eigenvalue weighted by Crippen LogP contribution is -2.53. The van der Waals surface area contributed by atoms with E-state index >= 15 is 0 Å². The van der Waals surface area contributed by atoms with Gasteiger partial charge in [-0.3, -0.25) is 9.59 Å². The first-order valence-corrected chi connectivity index (χ1v) is 8.36. The van der Waals surface area contributed by atoms with E-state index in [9.17, 15) is 19.8 Å². The number of hydrogen-bond donors (Lipinski definition) is 2. The van der Waals surface area contributed by atoms with Crippen molar-refractivity contribution in [2.45, 2.75) is 31.5 Å². The van der Waals surface area contributed by atoms with E-state index in [1.165, 1.54) is 13.2 Å². The average Bonchev–Trinajstić information content (AvgIpc) is 2.58. The Bertz CT molecular complexity index is 750. The third kappa shape index (κ3) is 2.01. The first kappa shape index (κ1) is 15.5. The van der Waals surface area contributed by atoms with Gasteiger partial charge in [0.1, 0.15) is 5.75 Å². The number of ketones is 2. The molecule has 0 amide bonds. The van der Waals surface area contributed by atoms with Crippen LogP contribution in [0.3, 0.4) is 0 Å². The minimum atomic E-state index is -0.690. The van der Waals surface area contributed by atoms with Crippen molar-refractivity contribution in [2.24, 2.45) is 17.8 Å². The predicted molar refractivity (Wildman–Crippen MR) is 86.0 cm³/mol. The lowest BCUT2D eigenvalue weighted by atomic mass is 9.58. The zero-order valence-corrected chi connectivity index (χ0v) is 13.4. The third-order valence-electron chi connectivity index (χ3n) is 5.75. The Morgan fingerprint density at radius 1 is 1.12 bits per heavy atom. The molecule has 0 saturated heterocycles. The van der Waals surface area contributed by atoms with E-state index in [1.54, 1.807) is 12.1 Å². The number of carbonyl (C=O) groups excluding carboxylic acids is 2. The second-order valence-corrected chi connectivity index (χ2v) is 6.91. The molecule has 1 saturated carbocycles. The summed E-state index contributed by atoms with van der Waals surface area (Å²) in [4.78, 5) is 26.2. The molecule has 0 aliphatic heterocycles. The van der Waals surface area contributed by atoms with Crippen LogP contribution in [0.25, 0.3) is 0 Å². The fourth-order valence-electron chi connectivity index (χ4n) is 4.72. The fraction of sp³-hybridized carbons (Fsp3) is 0.474. The summed E-state index contributed by atoms with van der Waals surface area (Å²) in [6, 6.07) is 4.58. The molecule has 5 nitrogen and oxygen atoms in total. The summed E-state index contributed by atoms with van der Waals surface area (Å²) in [6.45, 7) is 0. The van der Waals surface area contributed by atoms with Crippen molar-refractivity contribution in [3.8, 4) is 5.75 Å². The van der Waals surface area contributed by atoms with Gasteiger partial charge < -0.3 is 14.9 Å². The number of methoxy groups -OCH3 is 1. The standard InChI is InChI=1S/C19H20O5/c1-24-13-8-9-4-2-6-11(20)14(9)17-16(13)19(23)15-10(18(17)22)5-3-7-12(15)21/h3,5,7-8,11,13-14,16-17,20-21H,2,4,6H2,1H3/t11-,13-,14-,16-,17+/m1/s1. The maximum atomic E-state index is 13.2. The van der Waals surface area contributed by atoms with Gasteiger partial charge in [0.2, 0.25) is 0 Å². The molecular weight excluding hydrogens is 308 g/mol. The molecule has 0 unspecified atom stereocenters. The van der Waals surface area contributed by atoms with Gasteiger partial charge in [-0.05, 0) is 25.3 Å². The fourth-order valence-corrected chi connectivity index (χ4v) is 4.72. The quantitative estimate of drug-likeness (QED) is 0.772. The molecule has 0 bridgehead atoms. The maximum Gasteiger partial charge on any atom is 0.174 e. The van der Waals surface area contributed by atoms with Crippen LogP contribution < -0.4 is 0 Å². The smallest absolute Gasteiger partial charge is 0.174 e. The molecule has 5 atom stereocenters. The topological polar surface area (TPSA) is 83.8 Å². The van der Waals surface area contributed by atoms with E-state index in [4.69, 9.17) is 4.74 Å². The number of hydrogen-bond acceptors (Lipinski definition) is 5. The number of ether oxygens (including phenoxy) is 1. The highest BCUT2D eigenvalue weighted by atomic mass is 16.5. The molecular formula is C19H20O5. The van der Waals surface area contributed by atoms with Gasteiger partial charge in [-0.1, -0.05) is 23.8 Å². The van der Waals surface area contributed by atoms with E-state index in [2.05, 4.69) is 0 Å². The number of aliphatic hydroxyl groups excluding tert-OH is 1. The van der Waals surface area contributed by atoms with Crippen LogP contribution >= 0.6 is 0 Å². The van der Waals surface area contributed by atoms with E-state index in [0.29, 0.717) is 6.42 Å². The van der Waals surface area contributed by atoms with Crippen LogP contribution in [-0.4, -0.2) is 41.1 Å². The summed E-state index contributed by atoms with van der Waals surface area (Å²) in [5, 5.41) is 20.6. The molecule has 0 radical (unpaired) electrons. The van der Waals surface area contributed by atoms with Gasteiger partial charge in [-0.25, -0.2) is 0 Å². The number of phenols is 1.